The van der Waals surface area contributed by atoms with E-state index in [4.69, 9.17) is 9.84 Å². The van der Waals surface area contributed by atoms with Gasteiger partial charge in [-0.25, -0.2) is 4.79 Å². The standard InChI is InChI=1S/C15H18N2O5/c1-3-9(2)16-13(18)7-17-11-6-10(15(20)21)4-5-12(11)22-8-14(17)19/h4-6,9H,3,7-8H2,1-2H3,(H,16,18)(H,20,21). The molecule has 1 atom stereocenters. The smallest absolute Gasteiger partial charge is 0.335 e. The van der Waals surface area contributed by atoms with Crippen molar-refractivity contribution in [2.45, 2.75) is 26.3 Å². The summed E-state index contributed by atoms with van der Waals surface area (Å²) >= 11 is 0. The summed E-state index contributed by atoms with van der Waals surface area (Å²) in [4.78, 5) is 36.3. The van der Waals surface area contributed by atoms with Gasteiger partial charge in [0, 0.05) is 6.04 Å². The Morgan fingerprint density at radius 3 is 2.82 bits per heavy atom. The van der Waals surface area contributed by atoms with Crippen LogP contribution in [0.4, 0.5) is 5.69 Å². The second-order valence-electron chi connectivity index (χ2n) is 5.13. The van der Waals surface area contributed by atoms with E-state index in [0.29, 0.717) is 11.4 Å². The second kappa shape index (κ2) is 6.46. The monoisotopic (exact) mass is 306 g/mol. The molecule has 0 spiro atoms. The fourth-order valence-corrected chi connectivity index (χ4v) is 2.07. The molecule has 0 aliphatic carbocycles. The van der Waals surface area contributed by atoms with E-state index in [1.165, 1.54) is 23.1 Å². The van der Waals surface area contributed by atoms with E-state index in [9.17, 15) is 14.4 Å². The van der Waals surface area contributed by atoms with E-state index in [-0.39, 0.29) is 36.6 Å². The Kier molecular flexibility index (Phi) is 4.65. The third kappa shape index (κ3) is 3.36. The summed E-state index contributed by atoms with van der Waals surface area (Å²) in [6.07, 6.45) is 0.780. The molecule has 118 valence electrons. The van der Waals surface area contributed by atoms with E-state index in [1.54, 1.807) is 0 Å². The maximum atomic E-state index is 12.0. The Balaban J connectivity index is 2.25. The average molecular weight is 306 g/mol. The van der Waals surface area contributed by atoms with Crippen LogP contribution >= 0.6 is 0 Å². The molecule has 2 amide bonds. The van der Waals surface area contributed by atoms with Crippen LogP contribution in [0.5, 0.6) is 5.75 Å². The average Bonchev–Trinajstić information content (AvgIpc) is 2.49. The minimum Gasteiger partial charge on any atom is -0.482 e. The van der Waals surface area contributed by atoms with Crippen molar-refractivity contribution >= 4 is 23.5 Å². The van der Waals surface area contributed by atoms with E-state index in [2.05, 4.69) is 5.32 Å². The maximum absolute atomic E-state index is 12.0. The molecule has 1 aromatic rings. The highest BCUT2D eigenvalue weighted by Crippen LogP contribution is 2.32. The summed E-state index contributed by atoms with van der Waals surface area (Å²) in [5.74, 6) is -1.39. The predicted molar refractivity (Wildman–Crippen MR) is 79.1 cm³/mol. The van der Waals surface area contributed by atoms with Gasteiger partial charge in [0.1, 0.15) is 12.3 Å². The highest BCUT2D eigenvalue weighted by atomic mass is 16.5. The van der Waals surface area contributed by atoms with Gasteiger partial charge in [-0.1, -0.05) is 6.92 Å². The van der Waals surface area contributed by atoms with Gasteiger partial charge in [-0.3, -0.25) is 14.5 Å². The van der Waals surface area contributed by atoms with Crippen LogP contribution in [0, 0.1) is 0 Å². The number of hydrogen-bond donors (Lipinski definition) is 2. The van der Waals surface area contributed by atoms with E-state index in [0.717, 1.165) is 6.42 Å². The van der Waals surface area contributed by atoms with Crippen molar-refractivity contribution < 1.29 is 24.2 Å². The number of benzene rings is 1. The molecule has 1 heterocycles. The van der Waals surface area contributed by atoms with Gasteiger partial charge in [-0.2, -0.15) is 0 Å². The quantitative estimate of drug-likeness (QED) is 0.847. The Labute approximate surface area is 127 Å². The van der Waals surface area contributed by atoms with Gasteiger partial charge in [0.2, 0.25) is 5.91 Å². The van der Waals surface area contributed by atoms with Crippen molar-refractivity contribution in [3.63, 3.8) is 0 Å². The molecule has 0 fully saturated rings. The zero-order chi connectivity index (χ0) is 16.3. The summed E-state index contributed by atoms with van der Waals surface area (Å²) in [5, 5.41) is 11.8. The van der Waals surface area contributed by atoms with Crippen molar-refractivity contribution in [1.29, 1.82) is 0 Å². The summed E-state index contributed by atoms with van der Waals surface area (Å²) < 4.78 is 5.27. The molecule has 22 heavy (non-hydrogen) atoms. The van der Waals surface area contributed by atoms with Gasteiger partial charge in [-0.15, -0.1) is 0 Å². The maximum Gasteiger partial charge on any atom is 0.335 e. The first-order valence-corrected chi connectivity index (χ1v) is 7.02. The number of carbonyl (C=O) groups is 3. The van der Waals surface area contributed by atoms with Crippen molar-refractivity contribution in [1.82, 2.24) is 5.32 Å². The Morgan fingerprint density at radius 2 is 2.18 bits per heavy atom. The van der Waals surface area contributed by atoms with Crippen LogP contribution in [-0.2, 0) is 9.59 Å². The molecule has 0 radical (unpaired) electrons. The largest absolute Gasteiger partial charge is 0.482 e. The molecular weight excluding hydrogens is 288 g/mol. The molecule has 7 heteroatoms. The number of ether oxygens (including phenoxy) is 1. The Hall–Kier alpha value is -2.57. The molecule has 1 aliphatic rings. The van der Waals surface area contributed by atoms with Gasteiger partial charge in [0.15, 0.2) is 6.61 Å². The van der Waals surface area contributed by atoms with Crippen LogP contribution in [0.3, 0.4) is 0 Å². The van der Waals surface area contributed by atoms with Crippen LogP contribution in [-0.4, -0.2) is 42.1 Å². The number of nitrogens with zero attached hydrogens (tertiary/aromatic N) is 1. The van der Waals surface area contributed by atoms with E-state index >= 15 is 0 Å². The van der Waals surface area contributed by atoms with Gasteiger partial charge >= 0.3 is 5.97 Å². The first kappa shape index (κ1) is 15.8. The lowest BCUT2D eigenvalue weighted by Gasteiger charge is -2.29. The van der Waals surface area contributed by atoms with E-state index < -0.39 is 5.97 Å². The molecule has 0 saturated carbocycles. The highest BCUT2D eigenvalue weighted by molar-refractivity contribution is 6.03. The van der Waals surface area contributed by atoms with Crippen LogP contribution < -0.4 is 15.0 Å². The van der Waals surface area contributed by atoms with Gasteiger partial charge in [0.05, 0.1) is 11.3 Å². The minimum absolute atomic E-state index is 0.00784. The van der Waals surface area contributed by atoms with E-state index in [1.807, 2.05) is 13.8 Å². The minimum atomic E-state index is -1.11. The van der Waals surface area contributed by atoms with Crippen LogP contribution in [0.2, 0.25) is 0 Å². The topological polar surface area (TPSA) is 95.9 Å². The predicted octanol–water partition coefficient (Wildman–Crippen LogP) is 1.02. The third-order valence-corrected chi connectivity index (χ3v) is 3.47. The first-order valence-electron chi connectivity index (χ1n) is 7.02. The molecule has 1 unspecified atom stereocenters. The number of anilines is 1. The third-order valence-electron chi connectivity index (χ3n) is 3.47. The molecule has 0 aromatic heterocycles. The summed E-state index contributed by atoms with van der Waals surface area (Å²) in [7, 11) is 0. The number of aromatic carboxylic acids is 1. The normalized spacial score (nSPS) is 14.8. The number of rotatable bonds is 5. The lowest BCUT2D eigenvalue weighted by atomic mass is 10.1. The van der Waals surface area contributed by atoms with Crippen molar-refractivity contribution in [2.24, 2.45) is 0 Å². The number of carboxylic acid groups (broad SMARTS) is 1. The summed E-state index contributed by atoms with van der Waals surface area (Å²) in [6.45, 7) is 3.48. The fourth-order valence-electron chi connectivity index (χ4n) is 2.07. The zero-order valence-corrected chi connectivity index (χ0v) is 12.5. The molecule has 7 nitrogen and oxygen atoms in total. The molecule has 0 saturated heterocycles. The number of fused-ring (bicyclic) bond motifs is 1. The van der Waals surface area contributed by atoms with Crippen molar-refractivity contribution in [2.75, 3.05) is 18.1 Å². The first-order chi connectivity index (χ1) is 10.4. The Bertz CT molecular complexity index is 614. The summed E-state index contributed by atoms with van der Waals surface area (Å²) in [6, 6.07) is 4.23. The SMILES string of the molecule is CCC(C)NC(=O)CN1C(=O)COc2ccc(C(=O)O)cc21. The Morgan fingerprint density at radius 1 is 1.45 bits per heavy atom. The molecule has 1 aromatic carbocycles. The lowest BCUT2D eigenvalue weighted by molar-refractivity contribution is -0.125. The fraction of sp³-hybridized carbons (Fsp3) is 0.400. The summed E-state index contributed by atoms with van der Waals surface area (Å²) in [5.41, 5.74) is 0.333. The number of carbonyl (C=O) groups excluding carboxylic acids is 2. The number of amides is 2. The van der Waals surface area contributed by atoms with Crippen molar-refractivity contribution in [3.05, 3.63) is 23.8 Å². The molecule has 2 N–H and O–H groups in total. The van der Waals surface area contributed by atoms with Gasteiger partial charge < -0.3 is 15.2 Å². The van der Waals surface area contributed by atoms with Gasteiger partial charge in [0.25, 0.3) is 5.91 Å². The van der Waals surface area contributed by atoms with Gasteiger partial charge in [-0.05, 0) is 31.5 Å². The van der Waals surface area contributed by atoms with Crippen molar-refractivity contribution in [3.8, 4) is 5.75 Å². The number of nitrogens with one attached hydrogen (secondary N) is 1. The number of carboxylic acids is 1. The van der Waals surface area contributed by atoms with Crippen LogP contribution in [0.15, 0.2) is 18.2 Å². The molecular formula is C15H18N2O5. The lowest BCUT2D eigenvalue weighted by Crippen LogP contribution is -2.46. The second-order valence-corrected chi connectivity index (χ2v) is 5.13. The number of hydrogen-bond acceptors (Lipinski definition) is 4. The zero-order valence-electron chi connectivity index (χ0n) is 12.5. The highest BCUT2D eigenvalue weighted by Gasteiger charge is 2.28. The molecule has 1 aliphatic heterocycles. The molecule has 0 bridgehead atoms. The molecule has 2 rings (SSSR count). The van der Waals surface area contributed by atoms with Crippen LogP contribution in [0.25, 0.3) is 0 Å². The van der Waals surface area contributed by atoms with Crippen LogP contribution in [0.1, 0.15) is 30.6 Å².